The van der Waals surface area contributed by atoms with Crippen LogP contribution in [0.25, 0.3) is 22.8 Å². The van der Waals surface area contributed by atoms with Crippen molar-refractivity contribution in [2.45, 2.75) is 10.9 Å². The van der Waals surface area contributed by atoms with Crippen LogP contribution in [0.5, 0.6) is 0 Å². The Morgan fingerprint density at radius 1 is 1.00 bits per heavy atom. The van der Waals surface area contributed by atoms with Crippen molar-refractivity contribution in [3.8, 4) is 22.8 Å². The Balaban J connectivity index is 1.43. The normalized spacial score (nSPS) is 10.9. The SMILES string of the molecule is Clc1cccc(-c2noc(CSc3n[nH]c(-c4ccccc4)n3)n2)c1. The van der Waals surface area contributed by atoms with Gasteiger partial charge in [-0.05, 0) is 12.1 Å². The first-order chi connectivity index (χ1) is 12.3. The van der Waals surface area contributed by atoms with Gasteiger partial charge in [-0.15, -0.1) is 5.10 Å². The zero-order chi connectivity index (χ0) is 17.1. The summed E-state index contributed by atoms with van der Waals surface area (Å²) >= 11 is 7.41. The molecule has 0 amide bonds. The highest BCUT2D eigenvalue weighted by molar-refractivity contribution is 7.98. The maximum Gasteiger partial charge on any atom is 0.237 e. The Labute approximate surface area is 152 Å². The van der Waals surface area contributed by atoms with E-state index in [4.69, 9.17) is 16.1 Å². The first-order valence-electron chi connectivity index (χ1n) is 7.47. The fourth-order valence-electron chi connectivity index (χ4n) is 2.22. The molecule has 4 rings (SSSR count). The summed E-state index contributed by atoms with van der Waals surface area (Å²) in [5, 5.41) is 12.4. The molecular weight excluding hydrogens is 358 g/mol. The van der Waals surface area contributed by atoms with Crippen molar-refractivity contribution in [1.82, 2.24) is 25.3 Å². The van der Waals surface area contributed by atoms with Gasteiger partial charge >= 0.3 is 0 Å². The van der Waals surface area contributed by atoms with Gasteiger partial charge in [0.15, 0.2) is 5.82 Å². The van der Waals surface area contributed by atoms with E-state index in [0.717, 1.165) is 17.0 Å². The molecule has 0 radical (unpaired) electrons. The lowest BCUT2D eigenvalue weighted by Gasteiger charge is -1.94. The fraction of sp³-hybridized carbons (Fsp3) is 0.0588. The van der Waals surface area contributed by atoms with Crippen molar-refractivity contribution in [3.63, 3.8) is 0 Å². The summed E-state index contributed by atoms with van der Waals surface area (Å²) in [5.41, 5.74) is 1.81. The molecule has 2 heterocycles. The molecule has 0 bridgehead atoms. The molecule has 25 heavy (non-hydrogen) atoms. The second-order valence-electron chi connectivity index (χ2n) is 5.14. The van der Waals surface area contributed by atoms with Crippen molar-refractivity contribution >= 4 is 23.4 Å². The third-order valence-electron chi connectivity index (χ3n) is 3.39. The molecular formula is C17H12ClN5OS. The van der Waals surface area contributed by atoms with Crippen LogP contribution in [0.4, 0.5) is 0 Å². The van der Waals surface area contributed by atoms with Crippen LogP contribution in [-0.4, -0.2) is 25.3 Å². The molecule has 1 N–H and O–H groups in total. The number of thioether (sulfide) groups is 1. The first-order valence-corrected chi connectivity index (χ1v) is 8.83. The molecule has 0 aliphatic carbocycles. The van der Waals surface area contributed by atoms with Gasteiger partial charge in [0.1, 0.15) is 0 Å². The number of aromatic nitrogens is 5. The van der Waals surface area contributed by atoms with Gasteiger partial charge in [-0.3, -0.25) is 5.10 Å². The number of rotatable bonds is 5. The number of hydrogen-bond acceptors (Lipinski definition) is 6. The monoisotopic (exact) mass is 369 g/mol. The van der Waals surface area contributed by atoms with Crippen LogP contribution in [0.15, 0.2) is 64.3 Å². The molecule has 4 aromatic rings. The van der Waals surface area contributed by atoms with Crippen molar-refractivity contribution in [1.29, 1.82) is 0 Å². The molecule has 124 valence electrons. The van der Waals surface area contributed by atoms with Crippen molar-refractivity contribution in [2.24, 2.45) is 0 Å². The van der Waals surface area contributed by atoms with E-state index in [1.807, 2.05) is 42.5 Å². The van der Waals surface area contributed by atoms with Crippen LogP contribution in [0.1, 0.15) is 5.89 Å². The maximum absolute atomic E-state index is 5.99. The van der Waals surface area contributed by atoms with E-state index in [0.29, 0.717) is 27.6 Å². The van der Waals surface area contributed by atoms with Gasteiger partial charge in [0, 0.05) is 16.1 Å². The van der Waals surface area contributed by atoms with Gasteiger partial charge in [0.2, 0.25) is 16.9 Å². The molecule has 0 atom stereocenters. The van der Waals surface area contributed by atoms with E-state index < -0.39 is 0 Å². The molecule has 0 aliphatic rings. The second-order valence-corrected chi connectivity index (χ2v) is 6.52. The predicted octanol–water partition coefficient (Wildman–Crippen LogP) is 4.47. The average molecular weight is 370 g/mol. The largest absolute Gasteiger partial charge is 0.338 e. The summed E-state index contributed by atoms with van der Waals surface area (Å²) in [6.07, 6.45) is 0. The van der Waals surface area contributed by atoms with Crippen molar-refractivity contribution < 1.29 is 4.52 Å². The Morgan fingerprint density at radius 3 is 2.68 bits per heavy atom. The lowest BCUT2D eigenvalue weighted by Crippen LogP contribution is -1.84. The van der Waals surface area contributed by atoms with Gasteiger partial charge in [-0.1, -0.05) is 71.0 Å². The Bertz CT molecular complexity index is 985. The molecule has 2 aromatic carbocycles. The number of benzene rings is 2. The average Bonchev–Trinajstić information content (AvgIpc) is 3.30. The number of aromatic amines is 1. The van der Waals surface area contributed by atoms with Gasteiger partial charge in [0.25, 0.3) is 0 Å². The summed E-state index contributed by atoms with van der Waals surface area (Å²) in [6.45, 7) is 0. The maximum atomic E-state index is 5.99. The van der Waals surface area contributed by atoms with Crippen LogP contribution < -0.4 is 0 Å². The molecule has 0 saturated heterocycles. The van der Waals surface area contributed by atoms with Crippen molar-refractivity contribution in [2.75, 3.05) is 0 Å². The Morgan fingerprint density at radius 2 is 1.84 bits per heavy atom. The minimum absolute atomic E-state index is 0.486. The molecule has 0 saturated carbocycles. The predicted molar refractivity (Wildman–Crippen MR) is 96.1 cm³/mol. The zero-order valence-electron chi connectivity index (χ0n) is 12.9. The minimum atomic E-state index is 0.486. The molecule has 0 spiro atoms. The first kappa shape index (κ1) is 15.9. The van der Waals surface area contributed by atoms with Crippen LogP contribution >= 0.6 is 23.4 Å². The van der Waals surface area contributed by atoms with Gasteiger partial charge in [-0.2, -0.15) is 4.98 Å². The lowest BCUT2D eigenvalue weighted by molar-refractivity contribution is 0.391. The van der Waals surface area contributed by atoms with E-state index in [9.17, 15) is 0 Å². The number of hydrogen-bond donors (Lipinski definition) is 1. The van der Waals surface area contributed by atoms with Crippen LogP contribution in [0, 0.1) is 0 Å². The fourth-order valence-corrected chi connectivity index (χ4v) is 3.05. The number of halogens is 1. The topological polar surface area (TPSA) is 80.5 Å². The molecule has 2 aromatic heterocycles. The zero-order valence-corrected chi connectivity index (χ0v) is 14.5. The minimum Gasteiger partial charge on any atom is -0.338 e. The quantitative estimate of drug-likeness (QED) is 0.523. The van der Waals surface area contributed by atoms with Crippen LogP contribution in [-0.2, 0) is 5.75 Å². The molecule has 0 unspecified atom stereocenters. The van der Waals surface area contributed by atoms with E-state index in [2.05, 4.69) is 25.3 Å². The molecule has 0 aliphatic heterocycles. The van der Waals surface area contributed by atoms with Gasteiger partial charge in [-0.25, -0.2) is 4.98 Å². The van der Waals surface area contributed by atoms with Crippen LogP contribution in [0.3, 0.4) is 0 Å². The summed E-state index contributed by atoms with van der Waals surface area (Å²) in [6, 6.07) is 17.2. The summed E-state index contributed by atoms with van der Waals surface area (Å²) in [5.74, 6) is 2.23. The standard InChI is InChI=1S/C17H12ClN5OS/c18-13-8-4-7-12(9-13)16-19-14(24-23-16)10-25-17-20-15(21-22-17)11-5-2-1-3-6-11/h1-9H,10H2,(H,20,21,22). The lowest BCUT2D eigenvalue weighted by atomic mass is 10.2. The molecule has 8 heteroatoms. The Kier molecular flexibility index (Phi) is 4.49. The van der Waals surface area contributed by atoms with Crippen molar-refractivity contribution in [3.05, 3.63) is 65.5 Å². The third-order valence-corrected chi connectivity index (χ3v) is 4.45. The number of nitrogens with one attached hydrogen (secondary N) is 1. The van der Waals surface area contributed by atoms with E-state index in [-0.39, 0.29) is 0 Å². The van der Waals surface area contributed by atoms with Crippen LogP contribution in [0.2, 0.25) is 5.02 Å². The van der Waals surface area contributed by atoms with E-state index in [1.54, 1.807) is 12.1 Å². The van der Waals surface area contributed by atoms with E-state index >= 15 is 0 Å². The number of nitrogens with zero attached hydrogens (tertiary/aromatic N) is 4. The van der Waals surface area contributed by atoms with Gasteiger partial charge < -0.3 is 4.52 Å². The smallest absolute Gasteiger partial charge is 0.237 e. The Hall–Kier alpha value is -2.64. The number of H-pyrrole nitrogens is 1. The van der Waals surface area contributed by atoms with Gasteiger partial charge in [0.05, 0.1) is 5.75 Å². The van der Waals surface area contributed by atoms with E-state index in [1.165, 1.54) is 11.8 Å². The molecule has 0 fully saturated rings. The highest BCUT2D eigenvalue weighted by atomic mass is 35.5. The summed E-state index contributed by atoms with van der Waals surface area (Å²) in [7, 11) is 0. The molecule has 6 nitrogen and oxygen atoms in total. The second kappa shape index (κ2) is 7.08. The summed E-state index contributed by atoms with van der Waals surface area (Å²) in [4.78, 5) is 8.84. The highest BCUT2D eigenvalue weighted by Crippen LogP contribution is 2.24. The third kappa shape index (κ3) is 3.72. The summed E-state index contributed by atoms with van der Waals surface area (Å²) < 4.78 is 5.28. The highest BCUT2D eigenvalue weighted by Gasteiger charge is 2.11.